The summed E-state index contributed by atoms with van der Waals surface area (Å²) >= 11 is 0. The highest BCUT2D eigenvalue weighted by Gasteiger charge is 2.18. The summed E-state index contributed by atoms with van der Waals surface area (Å²) in [6.45, 7) is 6.10. The monoisotopic (exact) mass is 111 g/mol. The maximum absolute atomic E-state index is 10.5. The third-order valence-corrected chi connectivity index (χ3v) is 1.15. The normalized spacial score (nSPS) is 18.0. The molecule has 0 atom stereocenters. The van der Waals surface area contributed by atoms with E-state index in [1.807, 2.05) is 0 Å². The molecule has 0 aromatic carbocycles. The fraction of sp³-hybridized carbons (Fsp3) is 0.500. The van der Waals surface area contributed by atoms with Gasteiger partial charge in [0.25, 0.3) is 0 Å². The predicted molar refractivity (Wildman–Crippen MR) is 31.6 cm³/mol. The lowest BCUT2D eigenvalue weighted by molar-refractivity contribution is -0.114. The molecule has 0 saturated carbocycles. The first-order valence-electron chi connectivity index (χ1n) is 2.70. The van der Waals surface area contributed by atoms with E-state index in [4.69, 9.17) is 0 Å². The van der Waals surface area contributed by atoms with E-state index in [2.05, 4.69) is 11.5 Å². The number of hydrogen-bond donors (Lipinski definition) is 0. The van der Waals surface area contributed by atoms with Crippen molar-refractivity contribution in [3.8, 4) is 0 Å². The fourth-order valence-electron chi connectivity index (χ4n) is 0.514. The van der Waals surface area contributed by atoms with Crippen molar-refractivity contribution < 1.29 is 4.79 Å². The largest absolute Gasteiger partial charge is 0.293 e. The van der Waals surface area contributed by atoms with E-state index < -0.39 is 0 Å². The molecule has 0 aromatic rings. The van der Waals surface area contributed by atoms with Crippen molar-refractivity contribution in [1.29, 1.82) is 0 Å². The van der Waals surface area contributed by atoms with Gasteiger partial charge < -0.3 is 0 Å². The van der Waals surface area contributed by atoms with E-state index in [1.54, 1.807) is 0 Å². The zero-order valence-corrected chi connectivity index (χ0v) is 4.76. The van der Waals surface area contributed by atoms with Crippen LogP contribution in [-0.2, 0) is 4.79 Å². The average Bonchev–Trinajstić information content (AvgIpc) is 2.50. The molecule has 1 aliphatic heterocycles. The molecule has 1 rings (SSSR count). The zero-order valence-electron chi connectivity index (χ0n) is 4.76. The van der Waals surface area contributed by atoms with Gasteiger partial charge in [0, 0.05) is 13.1 Å². The van der Waals surface area contributed by atoms with Crippen molar-refractivity contribution in [3.63, 3.8) is 0 Å². The number of rotatable bonds is 3. The molecule has 0 radical (unpaired) electrons. The Hall–Kier alpha value is -0.630. The van der Waals surface area contributed by atoms with Gasteiger partial charge in [-0.1, -0.05) is 6.58 Å². The van der Waals surface area contributed by atoms with Gasteiger partial charge in [0.2, 0.25) is 0 Å². The molecular weight excluding hydrogens is 102 g/mol. The smallest absolute Gasteiger partial charge is 0.169 e. The van der Waals surface area contributed by atoms with Crippen molar-refractivity contribution in [2.24, 2.45) is 0 Å². The van der Waals surface area contributed by atoms with Crippen LogP contribution < -0.4 is 0 Å². The van der Waals surface area contributed by atoms with Gasteiger partial charge in [-0.2, -0.15) is 0 Å². The fourth-order valence-corrected chi connectivity index (χ4v) is 0.514. The van der Waals surface area contributed by atoms with Crippen LogP contribution in [0.15, 0.2) is 12.7 Å². The minimum atomic E-state index is 0.127. The van der Waals surface area contributed by atoms with Gasteiger partial charge in [0.15, 0.2) is 5.78 Å². The molecule has 0 amide bonds. The summed E-state index contributed by atoms with van der Waals surface area (Å²) in [5, 5.41) is 0. The second-order valence-corrected chi connectivity index (χ2v) is 1.95. The Kier molecular flexibility index (Phi) is 1.44. The minimum absolute atomic E-state index is 0.127. The van der Waals surface area contributed by atoms with Crippen LogP contribution in [0, 0.1) is 0 Å². The van der Waals surface area contributed by atoms with Crippen molar-refractivity contribution >= 4 is 5.78 Å². The van der Waals surface area contributed by atoms with E-state index in [1.165, 1.54) is 6.08 Å². The summed E-state index contributed by atoms with van der Waals surface area (Å²) in [5.41, 5.74) is 0. The molecular formula is C6H9NO. The summed E-state index contributed by atoms with van der Waals surface area (Å²) < 4.78 is 0. The second-order valence-electron chi connectivity index (χ2n) is 1.95. The number of carbonyl (C=O) groups is 1. The van der Waals surface area contributed by atoms with E-state index in [0.29, 0.717) is 6.54 Å². The molecule has 2 heteroatoms. The third-order valence-electron chi connectivity index (χ3n) is 1.15. The van der Waals surface area contributed by atoms with Crippen LogP contribution in [0.4, 0.5) is 0 Å². The highest BCUT2D eigenvalue weighted by Crippen LogP contribution is 2.01. The lowest BCUT2D eigenvalue weighted by Crippen LogP contribution is -2.08. The van der Waals surface area contributed by atoms with Crippen molar-refractivity contribution in [3.05, 3.63) is 12.7 Å². The molecule has 0 spiro atoms. The van der Waals surface area contributed by atoms with E-state index >= 15 is 0 Å². The molecule has 0 aromatic heterocycles. The molecule has 1 fully saturated rings. The highest BCUT2D eigenvalue weighted by atomic mass is 16.1. The SMILES string of the molecule is C=CC(=O)CN1CC1. The van der Waals surface area contributed by atoms with Crippen molar-refractivity contribution in [2.45, 2.75) is 0 Å². The first kappa shape index (κ1) is 5.51. The standard InChI is InChI=1S/C6H9NO/c1-2-6(8)5-7-3-4-7/h2H,1,3-5H2. The van der Waals surface area contributed by atoms with Crippen LogP contribution in [0.3, 0.4) is 0 Å². The number of hydrogen-bond acceptors (Lipinski definition) is 2. The number of nitrogens with zero attached hydrogens (tertiary/aromatic N) is 1. The van der Waals surface area contributed by atoms with Gasteiger partial charge >= 0.3 is 0 Å². The van der Waals surface area contributed by atoms with Crippen LogP contribution in [-0.4, -0.2) is 30.3 Å². The number of carbonyl (C=O) groups excluding carboxylic acids is 1. The highest BCUT2D eigenvalue weighted by molar-refractivity contribution is 5.90. The molecule has 1 heterocycles. The van der Waals surface area contributed by atoms with Gasteiger partial charge in [0.05, 0.1) is 6.54 Å². The molecule has 8 heavy (non-hydrogen) atoms. The molecule has 0 aliphatic carbocycles. The Labute approximate surface area is 48.8 Å². The molecule has 44 valence electrons. The maximum Gasteiger partial charge on any atom is 0.169 e. The first-order valence-corrected chi connectivity index (χ1v) is 2.70. The van der Waals surface area contributed by atoms with E-state index in [9.17, 15) is 4.79 Å². The lowest BCUT2D eigenvalue weighted by atomic mass is 10.4. The van der Waals surface area contributed by atoms with Crippen LogP contribution in [0.2, 0.25) is 0 Å². The van der Waals surface area contributed by atoms with Gasteiger partial charge in [0.1, 0.15) is 0 Å². The molecule has 0 N–H and O–H groups in total. The van der Waals surface area contributed by atoms with Crippen LogP contribution in [0.25, 0.3) is 0 Å². The van der Waals surface area contributed by atoms with Gasteiger partial charge in [-0.3, -0.25) is 9.69 Å². The summed E-state index contributed by atoms with van der Waals surface area (Å²) in [6.07, 6.45) is 1.37. The van der Waals surface area contributed by atoms with E-state index in [-0.39, 0.29) is 5.78 Å². The van der Waals surface area contributed by atoms with Gasteiger partial charge in [-0.15, -0.1) is 0 Å². The first-order chi connectivity index (χ1) is 3.83. The maximum atomic E-state index is 10.5. The third kappa shape index (κ3) is 1.46. The summed E-state index contributed by atoms with van der Waals surface area (Å²) in [7, 11) is 0. The molecule has 0 bridgehead atoms. The Balaban J connectivity index is 2.16. The minimum Gasteiger partial charge on any atom is -0.293 e. The average molecular weight is 111 g/mol. The molecule has 0 unspecified atom stereocenters. The summed E-state index contributed by atoms with van der Waals surface area (Å²) in [6, 6.07) is 0. The number of ketones is 1. The quantitative estimate of drug-likeness (QED) is 0.379. The molecule has 1 aliphatic rings. The van der Waals surface area contributed by atoms with Crippen molar-refractivity contribution in [1.82, 2.24) is 4.90 Å². The molecule has 2 nitrogen and oxygen atoms in total. The van der Waals surface area contributed by atoms with Crippen molar-refractivity contribution in [2.75, 3.05) is 19.6 Å². The van der Waals surface area contributed by atoms with Crippen LogP contribution >= 0.6 is 0 Å². The Morgan fingerprint density at radius 3 is 2.75 bits per heavy atom. The van der Waals surface area contributed by atoms with Gasteiger partial charge in [-0.25, -0.2) is 0 Å². The van der Waals surface area contributed by atoms with Gasteiger partial charge in [-0.05, 0) is 6.08 Å². The second kappa shape index (κ2) is 2.09. The summed E-state index contributed by atoms with van der Waals surface area (Å²) in [4.78, 5) is 12.6. The topological polar surface area (TPSA) is 20.1 Å². The molecule has 1 saturated heterocycles. The lowest BCUT2D eigenvalue weighted by Gasteiger charge is -1.90. The van der Waals surface area contributed by atoms with Crippen LogP contribution in [0.5, 0.6) is 0 Å². The van der Waals surface area contributed by atoms with E-state index in [0.717, 1.165) is 13.1 Å². The zero-order chi connectivity index (χ0) is 5.98. The predicted octanol–water partition coefficient (Wildman–Crippen LogP) is 0.0571. The van der Waals surface area contributed by atoms with Crippen LogP contribution in [0.1, 0.15) is 0 Å². The Bertz CT molecular complexity index is 116. The Morgan fingerprint density at radius 2 is 2.38 bits per heavy atom. The Morgan fingerprint density at radius 1 is 1.75 bits per heavy atom. The summed E-state index contributed by atoms with van der Waals surface area (Å²) in [5.74, 6) is 0.127.